The molecule has 2 aliphatic heterocycles. The molecule has 3 aromatic rings. The SMILES string of the molecule is NC(=O)c1c(C(=O)N2CC3CN(CCCc4ccccc4)C[C@H]3C2)cnn1-c1ccc(Cl)cc1. The Balaban J connectivity index is 1.21. The Bertz CT molecular complexity index is 1160. The van der Waals surface area contributed by atoms with Crippen molar-refractivity contribution in [2.75, 3.05) is 32.7 Å². The van der Waals surface area contributed by atoms with Gasteiger partial charge in [0.05, 0.1) is 17.4 Å². The molecule has 2 amide bonds. The van der Waals surface area contributed by atoms with Gasteiger partial charge in [0, 0.05) is 31.2 Å². The minimum atomic E-state index is -0.681. The number of nitrogens with two attached hydrogens (primary N) is 1. The van der Waals surface area contributed by atoms with Gasteiger partial charge in [-0.15, -0.1) is 0 Å². The lowest BCUT2D eigenvalue weighted by Gasteiger charge is -2.21. The van der Waals surface area contributed by atoms with Crippen LogP contribution in [0.3, 0.4) is 0 Å². The fourth-order valence-corrected chi connectivity index (χ4v) is 5.41. The van der Waals surface area contributed by atoms with Gasteiger partial charge < -0.3 is 15.5 Å². The van der Waals surface area contributed by atoms with Gasteiger partial charge in [0.2, 0.25) is 0 Å². The van der Waals surface area contributed by atoms with E-state index in [9.17, 15) is 9.59 Å². The molecule has 0 aliphatic carbocycles. The van der Waals surface area contributed by atoms with Gasteiger partial charge in [-0.25, -0.2) is 4.68 Å². The predicted octanol–water partition coefficient (Wildman–Crippen LogP) is 3.26. The maximum atomic E-state index is 13.3. The fraction of sp³-hybridized carbons (Fsp3) is 0.346. The molecule has 1 aromatic heterocycles. The van der Waals surface area contributed by atoms with Crippen molar-refractivity contribution < 1.29 is 9.59 Å². The zero-order chi connectivity index (χ0) is 23.7. The summed E-state index contributed by atoms with van der Waals surface area (Å²) >= 11 is 5.97. The summed E-state index contributed by atoms with van der Waals surface area (Å²) in [6.07, 6.45) is 3.67. The van der Waals surface area contributed by atoms with E-state index in [-0.39, 0.29) is 17.2 Å². The molecule has 0 bridgehead atoms. The predicted molar refractivity (Wildman–Crippen MR) is 131 cm³/mol. The Hall–Kier alpha value is -3.16. The highest BCUT2D eigenvalue weighted by Gasteiger charge is 2.42. The molecular weight excluding hydrogens is 450 g/mol. The van der Waals surface area contributed by atoms with Gasteiger partial charge in [-0.05, 0) is 61.1 Å². The van der Waals surface area contributed by atoms with E-state index < -0.39 is 5.91 Å². The number of hydrogen-bond donors (Lipinski definition) is 1. The highest BCUT2D eigenvalue weighted by molar-refractivity contribution is 6.30. The van der Waals surface area contributed by atoms with E-state index in [0.717, 1.165) is 32.5 Å². The van der Waals surface area contributed by atoms with Crippen molar-refractivity contribution in [1.82, 2.24) is 19.6 Å². The van der Waals surface area contributed by atoms with Crippen LogP contribution in [0.25, 0.3) is 5.69 Å². The van der Waals surface area contributed by atoms with Crippen LogP contribution in [0.15, 0.2) is 60.8 Å². The van der Waals surface area contributed by atoms with Crippen molar-refractivity contribution in [3.63, 3.8) is 0 Å². The van der Waals surface area contributed by atoms with Crippen LogP contribution in [-0.4, -0.2) is 64.1 Å². The van der Waals surface area contributed by atoms with E-state index in [2.05, 4.69) is 34.3 Å². The number of carbonyl (C=O) groups is 2. The minimum absolute atomic E-state index is 0.104. The van der Waals surface area contributed by atoms with Crippen LogP contribution in [0, 0.1) is 11.8 Å². The summed E-state index contributed by atoms with van der Waals surface area (Å²) in [5.41, 5.74) is 8.02. The molecule has 8 heteroatoms. The van der Waals surface area contributed by atoms with Gasteiger partial charge >= 0.3 is 0 Å². The lowest BCUT2D eigenvalue weighted by Crippen LogP contribution is -2.34. The average molecular weight is 478 g/mol. The molecule has 176 valence electrons. The number of hydrogen-bond acceptors (Lipinski definition) is 4. The number of carbonyl (C=O) groups excluding carboxylic acids is 2. The molecule has 0 saturated carbocycles. The Morgan fingerprint density at radius 2 is 1.65 bits per heavy atom. The molecule has 3 heterocycles. The van der Waals surface area contributed by atoms with Gasteiger partial charge in [0.15, 0.2) is 0 Å². The molecule has 2 aliphatic rings. The molecule has 5 rings (SSSR count). The maximum Gasteiger partial charge on any atom is 0.268 e. The summed E-state index contributed by atoms with van der Waals surface area (Å²) in [6.45, 7) is 4.49. The molecule has 0 spiro atoms. The summed E-state index contributed by atoms with van der Waals surface area (Å²) in [7, 11) is 0. The van der Waals surface area contributed by atoms with E-state index in [4.69, 9.17) is 17.3 Å². The average Bonchev–Trinajstić information content (AvgIpc) is 3.53. The Kier molecular flexibility index (Phi) is 6.39. The molecule has 2 atom stereocenters. The molecule has 2 aromatic carbocycles. The molecule has 2 fully saturated rings. The molecule has 7 nitrogen and oxygen atoms in total. The monoisotopic (exact) mass is 477 g/mol. The summed E-state index contributed by atoms with van der Waals surface area (Å²) in [5, 5.41) is 4.86. The number of amides is 2. The van der Waals surface area contributed by atoms with Crippen molar-refractivity contribution >= 4 is 23.4 Å². The van der Waals surface area contributed by atoms with Gasteiger partial charge in [0.1, 0.15) is 5.69 Å². The van der Waals surface area contributed by atoms with E-state index in [0.29, 0.717) is 35.6 Å². The second kappa shape index (κ2) is 9.60. The first-order chi connectivity index (χ1) is 16.5. The standard InChI is InChI=1S/C26H28ClN5O2/c27-21-8-10-22(11-9-21)32-24(25(28)33)23(13-29-32)26(34)31-16-19-14-30(15-20(19)17-31)12-4-7-18-5-2-1-3-6-18/h1-3,5-6,8-11,13,19-20H,4,7,12,14-17H2,(H2,28,33)/t19-,20?/m0/s1. The summed E-state index contributed by atoms with van der Waals surface area (Å²) < 4.78 is 1.41. The van der Waals surface area contributed by atoms with Crippen molar-refractivity contribution in [3.8, 4) is 5.69 Å². The van der Waals surface area contributed by atoms with Gasteiger partial charge in [0.25, 0.3) is 11.8 Å². The van der Waals surface area contributed by atoms with E-state index in [1.165, 1.54) is 16.4 Å². The Morgan fingerprint density at radius 3 is 2.29 bits per heavy atom. The van der Waals surface area contributed by atoms with E-state index >= 15 is 0 Å². The van der Waals surface area contributed by atoms with Crippen LogP contribution in [0.2, 0.25) is 5.02 Å². The molecular formula is C26H28ClN5O2. The van der Waals surface area contributed by atoms with Crippen molar-refractivity contribution in [2.45, 2.75) is 12.8 Å². The van der Waals surface area contributed by atoms with Crippen LogP contribution in [-0.2, 0) is 6.42 Å². The number of nitrogens with zero attached hydrogens (tertiary/aromatic N) is 4. The lowest BCUT2D eigenvalue weighted by atomic mass is 10.0. The summed E-state index contributed by atoms with van der Waals surface area (Å²) in [4.78, 5) is 30.0. The molecule has 34 heavy (non-hydrogen) atoms. The van der Waals surface area contributed by atoms with Gasteiger partial charge in [-0.3, -0.25) is 9.59 Å². The third-order valence-corrected chi connectivity index (χ3v) is 7.19. The van der Waals surface area contributed by atoms with Crippen molar-refractivity contribution in [3.05, 3.63) is 82.6 Å². The number of halogens is 1. The second-order valence-electron chi connectivity index (χ2n) is 9.24. The number of benzene rings is 2. The normalized spacial score (nSPS) is 20.0. The lowest BCUT2D eigenvalue weighted by molar-refractivity contribution is 0.0768. The van der Waals surface area contributed by atoms with Crippen molar-refractivity contribution in [2.24, 2.45) is 17.6 Å². The number of likely N-dealkylation sites (tertiary alicyclic amines) is 2. The summed E-state index contributed by atoms with van der Waals surface area (Å²) in [5.74, 6) is 0.0619. The Labute approximate surface area is 204 Å². The molecule has 2 N–H and O–H groups in total. The minimum Gasteiger partial charge on any atom is -0.364 e. The smallest absolute Gasteiger partial charge is 0.268 e. The zero-order valence-electron chi connectivity index (χ0n) is 18.9. The number of aromatic nitrogens is 2. The summed E-state index contributed by atoms with van der Waals surface area (Å²) in [6, 6.07) is 17.5. The number of aryl methyl sites for hydroxylation is 1. The Morgan fingerprint density at radius 1 is 0.971 bits per heavy atom. The quantitative estimate of drug-likeness (QED) is 0.566. The first-order valence-electron chi connectivity index (χ1n) is 11.7. The van der Waals surface area contributed by atoms with Crippen LogP contribution >= 0.6 is 11.6 Å². The number of primary amides is 1. The van der Waals surface area contributed by atoms with Crippen LogP contribution in [0.5, 0.6) is 0 Å². The number of rotatable bonds is 7. The third-order valence-electron chi connectivity index (χ3n) is 6.94. The zero-order valence-corrected chi connectivity index (χ0v) is 19.7. The topological polar surface area (TPSA) is 84.5 Å². The third kappa shape index (κ3) is 4.58. The first kappa shape index (κ1) is 22.6. The van der Waals surface area contributed by atoms with Gasteiger partial charge in [-0.2, -0.15) is 5.10 Å². The molecule has 2 saturated heterocycles. The second-order valence-corrected chi connectivity index (χ2v) is 9.67. The maximum absolute atomic E-state index is 13.3. The highest BCUT2D eigenvalue weighted by atomic mass is 35.5. The highest BCUT2D eigenvalue weighted by Crippen LogP contribution is 2.32. The van der Waals surface area contributed by atoms with E-state index in [1.807, 2.05) is 11.0 Å². The molecule has 0 radical (unpaired) electrons. The van der Waals surface area contributed by atoms with Crippen LogP contribution < -0.4 is 5.73 Å². The number of fused-ring (bicyclic) bond motifs is 1. The van der Waals surface area contributed by atoms with Crippen molar-refractivity contribution in [1.29, 1.82) is 0 Å². The largest absolute Gasteiger partial charge is 0.364 e. The molecule has 1 unspecified atom stereocenters. The first-order valence-corrected chi connectivity index (χ1v) is 12.1. The van der Waals surface area contributed by atoms with Crippen LogP contribution in [0.1, 0.15) is 32.8 Å². The fourth-order valence-electron chi connectivity index (χ4n) is 5.28. The van der Waals surface area contributed by atoms with Gasteiger partial charge in [-0.1, -0.05) is 41.9 Å². The van der Waals surface area contributed by atoms with E-state index in [1.54, 1.807) is 24.3 Å². The van der Waals surface area contributed by atoms with Crippen LogP contribution in [0.4, 0.5) is 0 Å².